The van der Waals surface area contributed by atoms with Gasteiger partial charge in [0.05, 0.1) is 21.4 Å². The Labute approximate surface area is 175 Å². The third-order valence-electron chi connectivity index (χ3n) is 4.88. The van der Waals surface area contributed by atoms with Crippen LogP contribution in [-0.4, -0.2) is 21.7 Å². The largest absolute Gasteiger partial charge is 0.348 e. The third kappa shape index (κ3) is 4.23. The zero-order valence-corrected chi connectivity index (χ0v) is 17.9. The predicted octanol–water partition coefficient (Wildman–Crippen LogP) is 5.99. The van der Waals surface area contributed by atoms with Crippen molar-refractivity contribution in [3.05, 3.63) is 69.3 Å². The molecular weight excluding hydrogens is 393 g/mol. The quantitative estimate of drug-likeness (QED) is 0.555. The molecule has 28 heavy (non-hydrogen) atoms. The Morgan fingerprint density at radius 1 is 1.07 bits per heavy atom. The van der Waals surface area contributed by atoms with E-state index in [1.807, 2.05) is 26.0 Å². The molecule has 0 aliphatic rings. The number of aryl methyl sites for hydroxylation is 2. The zero-order chi connectivity index (χ0) is 20.4. The van der Waals surface area contributed by atoms with Crippen molar-refractivity contribution in [3.8, 4) is 16.9 Å². The molecule has 2 aromatic carbocycles. The molecule has 1 heterocycles. The number of carbonyl (C=O) groups excluding carboxylic acids is 1. The highest BCUT2D eigenvalue weighted by molar-refractivity contribution is 6.42. The second kappa shape index (κ2) is 8.38. The Morgan fingerprint density at radius 3 is 2.46 bits per heavy atom. The van der Waals surface area contributed by atoms with Gasteiger partial charge in [0, 0.05) is 11.6 Å². The molecule has 0 bridgehead atoms. The van der Waals surface area contributed by atoms with E-state index in [0.717, 1.165) is 17.7 Å². The zero-order valence-electron chi connectivity index (χ0n) is 16.4. The Bertz CT molecular complexity index is 1030. The lowest BCUT2D eigenvalue weighted by atomic mass is 10.0. The van der Waals surface area contributed by atoms with Crippen molar-refractivity contribution in [2.75, 3.05) is 0 Å². The fourth-order valence-corrected chi connectivity index (χ4v) is 3.09. The summed E-state index contributed by atoms with van der Waals surface area (Å²) in [6, 6.07) is 13.2. The van der Waals surface area contributed by atoms with Crippen LogP contribution in [-0.2, 0) is 0 Å². The number of hydrogen-bond donors (Lipinski definition) is 1. The van der Waals surface area contributed by atoms with Crippen LogP contribution in [0.3, 0.4) is 0 Å². The first-order valence-corrected chi connectivity index (χ1v) is 9.99. The Balaban J connectivity index is 2.12. The Morgan fingerprint density at radius 2 is 1.82 bits per heavy atom. The average molecular weight is 416 g/mol. The summed E-state index contributed by atoms with van der Waals surface area (Å²) in [5, 5.41) is 8.58. The summed E-state index contributed by atoms with van der Waals surface area (Å²) < 4.78 is 1.62. The number of rotatable bonds is 5. The predicted molar refractivity (Wildman–Crippen MR) is 116 cm³/mol. The fourth-order valence-electron chi connectivity index (χ4n) is 2.80. The number of halogens is 2. The second-order valence-electron chi connectivity index (χ2n) is 7.01. The van der Waals surface area contributed by atoms with Gasteiger partial charge in [-0.15, -0.1) is 0 Å². The highest BCUT2D eigenvalue weighted by Gasteiger charge is 2.19. The number of nitrogens with zero attached hydrogens (tertiary/aromatic N) is 2. The minimum Gasteiger partial charge on any atom is -0.348 e. The van der Waals surface area contributed by atoms with E-state index in [1.54, 1.807) is 22.9 Å². The number of aromatic nitrogens is 2. The molecular formula is C22H23Cl2N3O. The topological polar surface area (TPSA) is 46.9 Å². The molecule has 0 spiro atoms. The van der Waals surface area contributed by atoms with Crippen molar-refractivity contribution in [3.63, 3.8) is 0 Å². The van der Waals surface area contributed by atoms with E-state index in [0.29, 0.717) is 21.4 Å². The maximum Gasteiger partial charge on any atom is 0.270 e. The molecule has 0 aliphatic heterocycles. The van der Waals surface area contributed by atoms with Crippen LogP contribution in [0.5, 0.6) is 0 Å². The molecule has 146 valence electrons. The summed E-state index contributed by atoms with van der Waals surface area (Å²) in [4.78, 5) is 12.9. The van der Waals surface area contributed by atoms with Crippen LogP contribution in [0, 0.1) is 13.8 Å². The number of amides is 1. The third-order valence-corrected chi connectivity index (χ3v) is 5.62. The van der Waals surface area contributed by atoms with Gasteiger partial charge in [-0.3, -0.25) is 4.79 Å². The lowest BCUT2D eigenvalue weighted by molar-refractivity contribution is 0.0931. The molecule has 0 aliphatic carbocycles. The molecule has 0 saturated heterocycles. The number of hydrogen-bond acceptors (Lipinski definition) is 2. The highest BCUT2D eigenvalue weighted by Crippen LogP contribution is 2.28. The van der Waals surface area contributed by atoms with E-state index >= 15 is 0 Å². The molecule has 1 aromatic heterocycles. The van der Waals surface area contributed by atoms with Gasteiger partial charge in [-0.2, -0.15) is 5.10 Å². The Hall–Kier alpha value is -2.30. The smallest absolute Gasteiger partial charge is 0.270 e. The first-order valence-electron chi connectivity index (χ1n) is 9.24. The second-order valence-corrected chi connectivity index (χ2v) is 7.82. The SMILES string of the molecule is CCC(C)NC(=O)c1cc(-c2ccc(C)c(C)c2)nn1-c1ccc(Cl)c(Cl)c1. The molecule has 6 heteroatoms. The van der Waals surface area contributed by atoms with E-state index in [2.05, 4.69) is 31.3 Å². The summed E-state index contributed by atoms with van der Waals surface area (Å²) in [5.74, 6) is -0.178. The van der Waals surface area contributed by atoms with Crippen LogP contribution in [0.1, 0.15) is 41.9 Å². The summed E-state index contributed by atoms with van der Waals surface area (Å²) in [7, 11) is 0. The molecule has 1 N–H and O–H groups in total. The van der Waals surface area contributed by atoms with Crippen LogP contribution >= 0.6 is 23.2 Å². The van der Waals surface area contributed by atoms with Crippen molar-refractivity contribution in [1.82, 2.24) is 15.1 Å². The van der Waals surface area contributed by atoms with E-state index in [1.165, 1.54) is 11.1 Å². The molecule has 0 fully saturated rings. The fraction of sp³-hybridized carbons (Fsp3) is 0.273. The molecule has 3 rings (SSSR count). The van der Waals surface area contributed by atoms with Crippen molar-refractivity contribution in [1.29, 1.82) is 0 Å². The van der Waals surface area contributed by atoms with Gasteiger partial charge in [-0.25, -0.2) is 4.68 Å². The lowest BCUT2D eigenvalue weighted by Gasteiger charge is -2.12. The summed E-state index contributed by atoms with van der Waals surface area (Å²) in [6.07, 6.45) is 0.844. The van der Waals surface area contributed by atoms with Gasteiger partial charge < -0.3 is 5.32 Å². The van der Waals surface area contributed by atoms with Gasteiger partial charge >= 0.3 is 0 Å². The summed E-state index contributed by atoms with van der Waals surface area (Å²) in [5.41, 5.74) is 5.20. The van der Waals surface area contributed by atoms with Crippen LogP contribution in [0.4, 0.5) is 0 Å². The van der Waals surface area contributed by atoms with E-state index < -0.39 is 0 Å². The maximum atomic E-state index is 12.9. The van der Waals surface area contributed by atoms with E-state index in [9.17, 15) is 4.79 Å². The molecule has 1 unspecified atom stereocenters. The van der Waals surface area contributed by atoms with Crippen LogP contribution < -0.4 is 5.32 Å². The maximum absolute atomic E-state index is 12.9. The van der Waals surface area contributed by atoms with E-state index in [-0.39, 0.29) is 11.9 Å². The number of benzene rings is 2. The molecule has 1 amide bonds. The highest BCUT2D eigenvalue weighted by atomic mass is 35.5. The molecule has 0 radical (unpaired) electrons. The van der Waals surface area contributed by atoms with Gasteiger partial charge in [0.1, 0.15) is 5.69 Å². The lowest BCUT2D eigenvalue weighted by Crippen LogP contribution is -2.33. The molecule has 1 atom stereocenters. The molecule has 4 nitrogen and oxygen atoms in total. The van der Waals surface area contributed by atoms with Crippen molar-refractivity contribution in [2.45, 2.75) is 40.2 Å². The van der Waals surface area contributed by atoms with Crippen LogP contribution in [0.2, 0.25) is 10.0 Å². The van der Waals surface area contributed by atoms with Crippen LogP contribution in [0.15, 0.2) is 42.5 Å². The summed E-state index contributed by atoms with van der Waals surface area (Å²) >= 11 is 12.2. The van der Waals surface area contributed by atoms with Crippen molar-refractivity contribution >= 4 is 29.1 Å². The van der Waals surface area contributed by atoms with Gasteiger partial charge in [0.15, 0.2) is 0 Å². The van der Waals surface area contributed by atoms with Crippen molar-refractivity contribution in [2.24, 2.45) is 0 Å². The van der Waals surface area contributed by atoms with E-state index in [4.69, 9.17) is 28.3 Å². The molecule has 3 aromatic rings. The van der Waals surface area contributed by atoms with Gasteiger partial charge in [-0.05, 0) is 68.7 Å². The number of carbonyl (C=O) groups is 1. The van der Waals surface area contributed by atoms with Gasteiger partial charge in [0.25, 0.3) is 5.91 Å². The van der Waals surface area contributed by atoms with Gasteiger partial charge in [0.2, 0.25) is 0 Å². The normalized spacial score (nSPS) is 12.1. The Kier molecular flexibility index (Phi) is 6.11. The first kappa shape index (κ1) is 20.4. The minimum atomic E-state index is -0.178. The standard InChI is InChI=1S/C22H23Cl2N3O/c1-5-15(4)25-22(28)21-12-20(16-7-6-13(2)14(3)10-16)26-27(21)17-8-9-18(23)19(24)11-17/h6-12,15H,5H2,1-4H3,(H,25,28). The first-order chi connectivity index (χ1) is 13.3. The summed E-state index contributed by atoms with van der Waals surface area (Å²) in [6.45, 7) is 8.13. The van der Waals surface area contributed by atoms with Crippen LogP contribution in [0.25, 0.3) is 16.9 Å². The van der Waals surface area contributed by atoms with Crippen molar-refractivity contribution < 1.29 is 4.79 Å². The minimum absolute atomic E-state index is 0.0646. The average Bonchev–Trinajstić information content (AvgIpc) is 3.11. The number of nitrogens with one attached hydrogen (secondary N) is 1. The monoisotopic (exact) mass is 415 g/mol. The molecule has 0 saturated carbocycles. The van der Waals surface area contributed by atoms with Gasteiger partial charge in [-0.1, -0.05) is 42.3 Å².